The van der Waals surface area contributed by atoms with Gasteiger partial charge in [-0.1, -0.05) is 36.4 Å². The van der Waals surface area contributed by atoms with Crippen LogP contribution in [0, 0.1) is 0 Å². The van der Waals surface area contributed by atoms with E-state index >= 15 is 9.59 Å². The Bertz CT molecular complexity index is 1970. The van der Waals surface area contributed by atoms with Crippen LogP contribution in [0.1, 0.15) is 37.8 Å². The van der Waals surface area contributed by atoms with E-state index in [2.05, 4.69) is 10.6 Å². The minimum absolute atomic E-state index is 0.105. The second-order valence-electron chi connectivity index (χ2n) is 13.9. The smallest absolute Gasteiger partial charge is 0.327 e. The average Bonchev–Trinajstić information content (AvgIpc) is 3.70. The van der Waals surface area contributed by atoms with E-state index in [9.17, 15) is 19.2 Å². The maximum absolute atomic E-state index is 15.2. The standard InChI is InChI=1S/C32H28N6O8S6/c1-15(39)45-31-25(43)37-21-27(17-9-5-7-11-19(17)33-21,13-29(37,47-51-49-31)23(41)35(31)3)28-14-30-24(42)36(4)32(46-16(2)40,50-52-48-30)26(44)38(30)22(28)34-20-12-8-6-10-18(20)28/h5-12,21-22,33-34H,13-14H2,1-4H3. The number of piperazine rings is 2. The van der Waals surface area contributed by atoms with E-state index in [1.165, 1.54) is 79.0 Å². The molecule has 4 amide bonds. The molecule has 0 radical (unpaired) electrons. The molecule has 52 heavy (non-hydrogen) atoms. The molecule has 2 aromatic rings. The highest BCUT2D eigenvalue weighted by Crippen LogP contribution is 2.78. The van der Waals surface area contributed by atoms with Gasteiger partial charge >= 0.3 is 33.9 Å². The summed E-state index contributed by atoms with van der Waals surface area (Å²) in [7, 11) is 9.97. The molecule has 10 aliphatic rings. The van der Waals surface area contributed by atoms with E-state index in [-0.39, 0.29) is 12.8 Å². The number of ether oxygens (including phenoxy) is 2. The van der Waals surface area contributed by atoms with Crippen LogP contribution < -0.4 is 10.6 Å². The first kappa shape index (κ1) is 33.5. The molecule has 4 bridgehead atoms. The van der Waals surface area contributed by atoms with Crippen molar-refractivity contribution in [1.29, 1.82) is 0 Å². The van der Waals surface area contributed by atoms with Crippen molar-refractivity contribution in [2.45, 2.75) is 69.7 Å². The van der Waals surface area contributed by atoms with Gasteiger partial charge in [-0.15, -0.1) is 0 Å². The highest BCUT2D eigenvalue weighted by molar-refractivity contribution is 9.10. The fraction of sp³-hybridized carbons (Fsp3) is 0.438. The zero-order valence-electron chi connectivity index (χ0n) is 27.7. The summed E-state index contributed by atoms with van der Waals surface area (Å²) in [5.74, 6) is -3.33. The number of hydrogen-bond acceptors (Lipinski definition) is 16. The summed E-state index contributed by atoms with van der Waals surface area (Å²) < 4.78 is 11.6. The van der Waals surface area contributed by atoms with Gasteiger partial charge in [0.2, 0.25) is 0 Å². The summed E-state index contributed by atoms with van der Waals surface area (Å²) in [6, 6.07) is 15.4. The molecule has 0 aliphatic carbocycles. The first-order valence-electron chi connectivity index (χ1n) is 16.2. The highest BCUT2D eigenvalue weighted by atomic mass is 33.5. The fourth-order valence-electron chi connectivity index (χ4n) is 10.00. The lowest BCUT2D eigenvalue weighted by Crippen LogP contribution is -2.74. The Hall–Kier alpha value is -3.04. The summed E-state index contributed by atoms with van der Waals surface area (Å²) >= 11 is 0. The molecule has 8 fully saturated rings. The van der Waals surface area contributed by atoms with Crippen molar-refractivity contribution in [2.24, 2.45) is 0 Å². The van der Waals surface area contributed by atoms with Crippen molar-refractivity contribution in [3.63, 3.8) is 0 Å². The number of fused-ring (bicyclic) bond motifs is 13. The fourth-order valence-corrected chi connectivity index (χ4v) is 21.3. The average molecular weight is 817 g/mol. The Labute approximate surface area is 319 Å². The van der Waals surface area contributed by atoms with Crippen molar-refractivity contribution >= 4 is 110 Å². The Morgan fingerprint density at radius 2 is 1.02 bits per heavy atom. The van der Waals surface area contributed by atoms with Crippen LogP contribution in [-0.4, -0.2) is 101 Å². The van der Waals surface area contributed by atoms with E-state index in [4.69, 9.17) is 9.47 Å². The molecule has 10 aliphatic heterocycles. The SMILES string of the molecule is CC(=O)OC12SSSC3(CC4(C56CC78SSSC(OC(C)=O)(C(=O)N7C5Nc5ccccc56)N(C)C8=O)c5ccccc5NC4N3C1=O)C(=O)N2C. The zero-order valence-corrected chi connectivity index (χ0v) is 32.6. The number of amides is 4. The number of benzene rings is 2. The quantitative estimate of drug-likeness (QED) is 0.341. The van der Waals surface area contributed by atoms with E-state index in [0.717, 1.165) is 44.1 Å². The first-order valence-corrected chi connectivity index (χ1v) is 23.2. The number of anilines is 2. The molecule has 2 aromatic carbocycles. The van der Waals surface area contributed by atoms with Crippen LogP contribution >= 0.6 is 62.8 Å². The van der Waals surface area contributed by atoms with Crippen molar-refractivity contribution in [3.8, 4) is 0 Å². The molecule has 8 unspecified atom stereocenters. The lowest BCUT2D eigenvalue weighted by molar-refractivity contribution is -0.193. The second kappa shape index (κ2) is 10.4. The number of hydrogen-bond donors (Lipinski definition) is 2. The van der Waals surface area contributed by atoms with Crippen molar-refractivity contribution in [3.05, 3.63) is 59.7 Å². The van der Waals surface area contributed by atoms with E-state index < -0.39 is 78.6 Å². The number of para-hydroxylation sites is 2. The van der Waals surface area contributed by atoms with Crippen LogP contribution in [0.25, 0.3) is 0 Å². The Morgan fingerprint density at radius 3 is 1.40 bits per heavy atom. The van der Waals surface area contributed by atoms with Crippen LogP contribution in [0.4, 0.5) is 11.4 Å². The van der Waals surface area contributed by atoms with Gasteiger partial charge in [-0.2, -0.15) is 0 Å². The number of nitrogens with zero attached hydrogens (tertiary/aromatic N) is 4. The second-order valence-corrected chi connectivity index (χ2v) is 22.6. The Morgan fingerprint density at radius 1 is 0.635 bits per heavy atom. The van der Waals surface area contributed by atoms with Gasteiger partial charge in [-0.3, -0.25) is 48.4 Å². The number of carbonyl (C=O) groups excluding carboxylic acids is 6. The van der Waals surface area contributed by atoms with Gasteiger partial charge in [0.05, 0.1) is 10.8 Å². The summed E-state index contributed by atoms with van der Waals surface area (Å²) in [6.45, 7) is 2.42. The van der Waals surface area contributed by atoms with E-state index in [0.29, 0.717) is 0 Å². The van der Waals surface area contributed by atoms with Gasteiger partial charge in [0.1, 0.15) is 12.3 Å². The minimum Gasteiger partial charge on any atom is -0.419 e. The molecule has 12 rings (SSSR count). The molecule has 10 heterocycles. The molecule has 270 valence electrons. The lowest BCUT2D eigenvalue weighted by Gasteiger charge is -2.50. The first-order chi connectivity index (χ1) is 24.8. The summed E-state index contributed by atoms with van der Waals surface area (Å²) in [5.41, 5.74) is 0.827. The largest absolute Gasteiger partial charge is 0.419 e. The van der Waals surface area contributed by atoms with Gasteiger partial charge in [-0.05, 0) is 86.1 Å². The molecule has 8 saturated heterocycles. The Balaban J connectivity index is 1.27. The molecule has 8 atom stereocenters. The van der Waals surface area contributed by atoms with Crippen LogP contribution in [0.2, 0.25) is 0 Å². The van der Waals surface area contributed by atoms with Crippen LogP contribution in [0.15, 0.2) is 48.5 Å². The summed E-state index contributed by atoms with van der Waals surface area (Å²) in [4.78, 5) is 88.1. The molecule has 0 saturated carbocycles. The Kier molecular flexibility index (Phi) is 6.69. The van der Waals surface area contributed by atoms with Crippen molar-refractivity contribution in [1.82, 2.24) is 19.6 Å². The van der Waals surface area contributed by atoms with E-state index in [1.54, 1.807) is 9.80 Å². The van der Waals surface area contributed by atoms with Gasteiger partial charge in [-0.25, -0.2) is 0 Å². The maximum Gasteiger partial charge on any atom is 0.327 e. The number of esters is 2. The van der Waals surface area contributed by atoms with E-state index in [1.807, 2.05) is 48.5 Å². The molecular weight excluding hydrogens is 789 g/mol. The third-order valence-corrected chi connectivity index (χ3v) is 21.4. The zero-order chi connectivity index (χ0) is 36.4. The number of rotatable bonds is 3. The third-order valence-electron chi connectivity index (χ3n) is 11.8. The highest BCUT2D eigenvalue weighted by Gasteiger charge is 2.87. The monoisotopic (exact) mass is 816 g/mol. The van der Waals surface area contributed by atoms with Crippen molar-refractivity contribution < 1.29 is 38.2 Å². The molecule has 14 nitrogen and oxygen atoms in total. The predicted molar refractivity (Wildman–Crippen MR) is 200 cm³/mol. The third kappa shape index (κ3) is 3.43. The maximum atomic E-state index is 15.2. The minimum atomic E-state index is -1.97. The summed E-state index contributed by atoms with van der Waals surface area (Å²) in [6.07, 6.45) is -1.56. The molecule has 2 spiro atoms. The normalized spacial score (nSPS) is 40.2. The molecule has 0 aromatic heterocycles. The number of nitrogens with one attached hydrogen (secondary N) is 2. The molecule has 2 N–H and O–H groups in total. The number of likely N-dealkylation sites (N-methyl/N-ethyl adjacent to an activating group) is 2. The molecule has 20 heteroatoms. The van der Waals surface area contributed by atoms with Crippen LogP contribution in [0.3, 0.4) is 0 Å². The topological polar surface area (TPSA) is 158 Å². The van der Waals surface area contributed by atoms with Crippen molar-refractivity contribution in [2.75, 3.05) is 24.7 Å². The van der Waals surface area contributed by atoms with Crippen LogP contribution in [-0.2, 0) is 49.1 Å². The van der Waals surface area contributed by atoms with Gasteiger partial charge in [0.25, 0.3) is 11.8 Å². The summed E-state index contributed by atoms with van der Waals surface area (Å²) in [5, 5.41) is 3.36. The van der Waals surface area contributed by atoms with Crippen LogP contribution in [0.5, 0.6) is 0 Å². The van der Waals surface area contributed by atoms with Gasteiger partial charge in [0, 0.05) is 52.2 Å². The number of carbonyl (C=O) groups is 6. The lowest BCUT2D eigenvalue weighted by atomic mass is 9.54. The predicted octanol–water partition coefficient (Wildman–Crippen LogP) is 3.69. The van der Waals surface area contributed by atoms with Gasteiger partial charge < -0.3 is 20.1 Å². The van der Waals surface area contributed by atoms with Gasteiger partial charge in [0.15, 0.2) is 9.74 Å². The molecular formula is C32H28N6O8S6.